The van der Waals surface area contributed by atoms with Gasteiger partial charge in [0, 0.05) is 11.8 Å². The van der Waals surface area contributed by atoms with Crippen LogP contribution in [0.2, 0.25) is 0 Å². The second-order valence-electron chi connectivity index (χ2n) is 4.38. The van der Waals surface area contributed by atoms with Crippen molar-refractivity contribution in [3.05, 3.63) is 53.6 Å². The highest BCUT2D eigenvalue weighted by Gasteiger charge is 2.08. The van der Waals surface area contributed by atoms with Crippen LogP contribution in [0.1, 0.15) is 30.9 Å². The Hall–Kier alpha value is -1.97. The Balaban J connectivity index is 2.08. The molecule has 1 aromatic heterocycles. The summed E-state index contributed by atoms with van der Waals surface area (Å²) in [5, 5.41) is 7.46. The Bertz CT molecular complexity index is 514. The summed E-state index contributed by atoms with van der Waals surface area (Å²) in [4.78, 5) is 0. The molecule has 0 unspecified atom stereocenters. The van der Waals surface area contributed by atoms with Gasteiger partial charge >= 0.3 is 0 Å². The van der Waals surface area contributed by atoms with Crippen LogP contribution in [0.15, 0.2) is 36.7 Å². The van der Waals surface area contributed by atoms with Gasteiger partial charge in [0.1, 0.15) is 18.2 Å². The number of aromatic nitrogens is 2. The molecule has 0 atom stereocenters. The molecule has 2 rings (SSSR count). The third kappa shape index (κ3) is 3.03. The Morgan fingerprint density at radius 1 is 1.22 bits per heavy atom. The Morgan fingerprint density at radius 2 is 2.06 bits per heavy atom. The molecule has 1 aromatic carbocycles. The molecule has 0 saturated carbocycles. The molecule has 0 bridgehead atoms. The van der Waals surface area contributed by atoms with Crippen molar-refractivity contribution in [1.82, 2.24) is 10.2 Å². The van der Waals surface area contributed by atoms with E-state index in [4.69, 9.17) is 4.74 Å². The summed E-state index contributed by atoms with van der Waals surface area (Å²) in [5.74, 6) is 0.607. The predicted molar refractivity (Wildman–Crippen MR) is 66.9 cm³/mol. The highest BCUT2D eigenvalue weighted by molar-refractivity contribution is 5.31. The summed E-state index contributed by atoms with van der Waals surface area (Å²) >= 11 is 0. The zero-order valence-corrected chi connectivity index (χ0v) is 10.4. The SMILES string of the molecule is CC(C)c1cc(OCc2ccnnc2)ccc1F. The van der Waals surface area contributed by atoms with Gasteiger partial charge in [0.15, 0.2) is 0 Å². The van der Waals surface area contributed by atoms with Gasteiger partial charge in [-0.1, -0.05) is 13.8 Å². The first kappa shape index (κ1) is 12.5. The summed E-state index contributed by atoms with van der Waals surface area (Å²) in [6, 6.07) is 6.65. The van der Waals surface area contributed by atoms with Crippen molar-refractivity contribution in [2.45, 2.75) is 26.4 Å². The summed E-state index contributed by atoms with van der Waals surface area (Å²) in [5.41, 5.74) is 1.60. The number of halogens is 1. The molecule has 0 amide bonds. The topological polar surface area (TPSA) is 35.0 Å². The minimum atomic E-state index is -0.192. The van der Waals surface area contributed by atoms with Crippen LogP contribution in [0.3, 0.4) is 0 Å². The maximum Gasteiger partial charge on any atom is 0.126 e. The lowest BCUT2D eigenvalue weighted by Gasteiger charge is -2.11. The van der Waals surface area contributed by atoms with Crippen LogP contribution in [-0.4, -0.2) is 10.2 Å². The molecular weight excluding hydrogens is 231 g/mol. The van der Waals surface area contributed by atoms with Crippen LogP contribution in [0.4, 0.5) is 4.39 Å². The largest absolute Gasteiger partial charge is 0.489 e. The van der Waals surface area contributed by atoms with E-state index in [1.165, 1.54) is 6.07 Å². The molecule has 1 heterocycles. The molecule has 0 aliphatic carbocycles. The quantitative estimate of drug-likeness (QED) is 0.830. The summed E-state index contributed by atoms with van der Waals surface area (Å²) in [6.07, 6.45) is 3.26. The smallest absolute Gasteiger partial charge is 0.126 e. The monoisotopic (exact) mass is 246 g/mol. The van der Waals surface area contributed by atoms with E-state index in [9.17, 15) is 4.39 Å². The summed E-state index contributed by atoms with van der Waals surface area (Å²) in [7, 11) is 0. The molecule has 0 fully saturated rings. The Kier molecular flexibility index (Phi) is 3.87. The number of nitrogens with zero attached hydrogens (tertiary/aromatic N) is 2. The van der Waals surface area contributed by atoms with Crippen molar-refractivity contribution in [2.24, 2.45) is 0 Å². The number of hydrogen-bond donors (Lipinski definition) is 0. The fourth-order valence-corrected chi connectivity index (χ4v) is 1.62. The first-order valence-electron chi connectivity index (χ1n) is 5.84. The highest BCUT2D eigenvalue weighted by Crippen LogP contribution is 2.24. The van der Waals surface area contributed by atoms with Crippen LogP contribution >= 0.6 is 0 Å². The number of hydrogen-bond acceptors (Lipinski definition) is 3. The van der Waals surface area contributed by atoms with Crippen molar-refractivity contribution >= 4 is 0 Å². The molecule has 0 aliphatic rings. The minimum absolute atomic E-state index is 0.135. The normalized spacial score (nSPS) is 10.7. The van der Waals surface area contributed by atoms with Crippen molar-refractivity contribution in [3.8, 4) is 5.75 Å². The highest BCUT2D eigenvalue weighted by atomic mass is 19.1. The minimum Gasteiger partial charge on any atom is -0.489 e. The van der Waals surface area contributed by atoms with Crippen molar-refractivity contribution < 1.29 is 9.13 Å². The average Bonchev–Trinajstić information content (AvgIpc) is 2.38. The van der Waals surface area contributed by atoms with E-state index in [0.717, 1.165) is 5.56 Å². The van der Waals surface area contributed by atoms with Crippen molar-refractivity contribution in [3.63, 3.8) is 0 Å². The zero-order chi connectivity index (χ0) is 13.0. The molecule has 0 spiro atoms. The zero-order valence-electron chi connectivity index (χ0n) is 10.4. The molecule has 94 valence electrons. The Labute approximate surface area is 106 Å². The van der Waals surface area contributed by atoms with Gasteiger partial charge in [-0.15, -0.1) is 0 Å². The third-order valence-corrected chi connectivity index (χ3v) is 2.64. The fraction of sp³-hybridized carbons (Fsp3) is 0.286. The molecule has 18 heavy (non-hydrogen) atoms. The van der Waals surface area contributed by atoms with E-state index in [-0.39, 0.29) is 11.7 Å². The van der Waals surface area contributed by atoms with Crippen LogP contribution in [0.5, 0.6) is 5.75 Å². The standard InChI is InChI=1S/C14H15FN2O/c1-10(2)13-7-12(3-4-14(13)15)18-9-11-5-6-16-17-8-11/h3-8,10H,9H2,1-2H3. The molecule has 4 heteroatoms. The second kappa shape index (κ2) is 5.58. The molecule has 0 radical (unpaired) electrons. The molecule has 0 N–H and O–H groups in total. The van der Waals surface area contributed by atoms with Crippen LogP contribution in [0.25, 0.3) is 0 Å². The van der Waals surface area contributed by atoms with Crippen molar-refractivity contribution in [1.29, 1.82) is 0 Å². The van der Waals surface area contributed by atoms with E-state index in [1.807, 2.05) is 19.9 Å². The van der Waals surface area contributed by atoms with Gasteiger partial charge < -0.3 is 4.74 Å². The predicted octanol–water partition coefficient (Wildman–Crippen LogP) is 3.32. The van der Waals surface area contributed by atoms with Crippen molar-refractivity contribution in [2.75, 3.05) is 0 Å². The van der Waals surface area contributed by atoms with E-state index in [2.05, 4.69) is 10.2 Å². The first-order chi connectivity index (χ1) is 8.66. The molecule has 2 aromatic rings. The number of ether oxygens (including phenoxy) is 1. The van der Waals surface area contributed by atoms with Gasteiger partial charge in [-0.3, -0.25) is 0 Å². The van der Waals surface area contributed by atoms with Crippen LogP contribution in [-0.2, 0) is 6.61 Å². The van der Waals surface area contributed by atoms with Gasteiger partial charge in [0.05, 0.1) is 6.20 Å². The summed E-state index contributed by atoms with van der Waals surface area (Å²) < 4.78 is 19.1. The van der Waals surface area contributed by atoms with Gasteiger partial charge in [0.2, 0.25) is 0 Å². The lowest BCUT2D eigenvalue weighted by Crippen LogP contribution is -1.99. The van der Waals surface area contributed by atoms with E-state index in [0.29, 0.717) is 17.9 Å². The number of benzene rings is 1. The van der Waals surface area contributed by atoms with Gasteiger partial charge in [-0.2, -0.15) is 10.2 Å². The van der Waals surface area contributed by atoms with Crippen LogP contribution in [0, 0.1) is 5.82 Å². The van der Waals surface area contributed by atoms with E-state index in [1.54, 1.807) is 24.5 Å². The fourth-order valence-electron chi connectivity index (χ4n) is 1.62. The van der Waals surface area contributed by atoms with Gasteiger partial charge in [-0.25, -0.2) is 4.39 Å². The van der Waals surface area contributed by atoms with E-state index < -0.39 is 0 Å². The second-order valence-corrected chi connectivity index (χ2v) is 4.38. The average molecular weight is 246 g/mol. The van der Waals surface area contributed by atoms with E-state index >= 15 is 0 Å². The summed E-state index contributed by atoms with van der Waals surface area (Å²) in [6.45, 7) is 4.31. The third-order valence-electron chi connectivity index (χ3n) is 2.64. The maximum absolute atomic E-state index is 13.5. The first-order valence-corrected chi connectivity index (χ1v) is 5.84. The number of rotatable bonds is 4. The molecule has 3 nitrogen and oxygen atoms in total. The van der Waals surface area contributed by atoms with Gasteiger partial charge in [0.25, 0.3) is 0 Å². The molecular formula is C14H15FN2O. The van der Waals surface area contributed by atoms with Crippen LogP contribution < -0.4 is 4.74 Å². The lowest BCUT2D eigenvalue weighted by atomic mass is 10.0. The Morgan fingerprint density at radius 3 is 2.72 bits per heavy atom. The lowest BCUT2D eigenvalue weighted by molar-refractivity contribution is 0.304. The molecule has 0 saturated heterocycles. The molecule has 0 aliphatic heterocycles. The maximum atomic E-state index is 13.5. The van der Waals surface area contributed by atoms with Gasteiger partial charge in [-0.05, 0) is 35.7 Å².